The van der Waals surface area contributed by atoms with Gasteiger partial charge in [0.15, 0.2) is 0 Å². The van der Waals surface area contributed by atoms with Crippen LogP contribution in [0.2, 0.25) is 0 Å². The molecule has 1 aromatic heterocycles. The van der Waals surface area contributed by atoms with Crippen LogP contribution in [0.4, 0.5) is 0 Å². The molecular formula is C27H32N2O4. The Hall–Kier alpha value is -3.12. The highest BCUT2D eigenvalue weighted by molar-refractivity contribution is 6.06. The first-order valence-electron chi connectivity index (χ1n) is 11.8. The van der Waals surface area contributed by atoms with E-state index in [0.717, 1.165) is 35.9 Å². The van der Waals surface area contributed by atoms with Crippen LogP contribution in [0.1, 0.15) is 71.3 Å². The molecule has 0 unspecified atom stereocenters. The number of aromatic nitrogens is 1. The Morgan fingerprint density at radius 3 is 2.55 bits per heavy atom. The summed E-state index contributed by atoms with van der Waals surface area (Å²) >= 11 is 0. The first kappa shape index (κ1) is 23.1. The Morgan fingerprint density at radius 1 is 1.06 bits per heavy atom. The number of hydrogen-bond acceptors (Lipinski definition) is 4. The summed E-state index contributed by atoms with van der Waals surface area (Å²) in [5, 5.41) is 4.13. The minimum atomic E-state index is -0.377. The number of nitrogens with one attached hydrogen (secondary N) is 1. The molecule has 6 heteroatoms. The maximum atomic E-state index is 13.2. The van der Waals surface area contributed by atoms with Crippen LogP contribution in [-0.2, 0) is 16.0 Å². The van der Waals surface area contributed by atoms with Crippen molar-refractivity contribution < 1.29 is 19.1 Å². The molecule has 0 aliphatic heterocycles. The van der Waals surface area contributed by atoms with E-state index in [9.17, 15) is 9.59 Å². The first-order chi connectivity index (χ1) is 16.1. The van der Waals surface area contributed by atoms with Gasteiger partial charge in [-0.05, 0) is 49.6 Å². The number of esters is 1. The Labute approximate surface area is 194 Å². The molecule has 3 aromatic rings. The summed E-state index contributed by atoms with van der Waals surface area (Å²) in [7, 11) is 1.36. The van der Waals surface area contributed by atoms with Gasteiger partial charge in [-0.3, -0.25) is 4.79 Å². The highest BCUT2D eigenvalue weighted by atomic mass is 16.5. The number of methoxy groups -OCH3 is 1. The number of amides is 1. The van der Waals surface area contributed by atoms with Gasteiger partial charge in [0.25, 0.3) is 5.91 Å². The number of carbonyl (C=O) groups excluding carboxylic acids is 2. The van der Waals surface area contributed by atoms with Crippen molar-refractivity contribution in [1.82, 2.24) is 9.88 Å². The molecule has 1 atom stereocenters. The molecule has 1 N–H and O–H groups in total. The standard InChI is InChI=1S/C27H32N2O4/c1-19(20-11-13-22(14-12-20)27(31)32-2)28-26(30)24-10-6-7-21-15-16-29(25(21)24)17-18-33-23-8-4-3-5-9-23/h6-7,10-16,19,23H,3-5,8-9,17-18H2,1-2H3,(H,28,30)/t19-/m0/s1. The molecule has 0 saturated heterocycles. The summed E-state index contributed by atoms with van der Waals surface area (Å²) in [5.41, 5.74) is 2.97. The number of rotatable bonds is 8. The first-order valence-corrected chi connectivity index (χ1v) is 11.8. The van der Waals surface area contributed by atoms with Crippen molar-refractivity contribution in [3.05, 3.63) is 71.4 Å². The SMILES string of the molecule is COC(=O)c1ccc([C@H](C)NC(=O)c2cccc3ccn(CCOC4CCCCC4)c23)cc1. The Balaban J connectivity index is 1.45. The van der Waals surface area contributed by atoms with Gasteiger partial charge in [-0.15, -0.1) is 0 Å². The predicted octanol–water partition coefficient (Wildman–Crippen LogP) is 5.27. The Morgan fingerprint density at radius 2 is 1.82 bits per heavy atom. The molecule has 1 aliphatic carbocycles. The second-order valence-corrected chi connectivity index (χ2v) is 8.69. The molecule has 0 spiro atoms. The van der Waals surface area contributed by atoms with Crippen molar-refractivity contribution in [2.75, 3.05) is 13.7 Å². The molecule has 1 fully saturated rings. The molecule has 1 amide bonds. The maximum Gasteiger partial charge on any atom is 0.337 e. The van der Waals surface area contributed by atoms with E-state index in [2.05, 4.69) is 9.88 Å². The Bertz CT molecular complexity index is 1100. The molecule has 1 heterocycles. The van der Waals surface area contributed by atoms with Gasteiger partial charge in [-0.25, -0.2) is 4.79 Å². The number of fused-ring (bicyclic) bond motifs is 1. The van der Waals surface area contributed by atoms with Crippen LogP contribution in [0.15, 0.2) is 54.7 Å². The Kier molecular flexibility index (Phi) is 7.45. The van der Waals surface area contributed by atoms with Gasteiger partial charge < -0.3 is 19.4 Å². The maximum absolute atomic E-state index is 13.2. The fourth-order valence-electron chi connectivity index (χ4n) is 4.56. The van der Waals surface area contributed by atoms with Gasteiger partial charge in [0, 0.05) is 18.1 Å². The topological polar surface area (TPSA) is 69.6 Å². The van der Waals surface area contributed by atoms with Gasteiger partial charge in [0.1, 0.15) is 0 Å². The zero-order chi connectivity index (χ0) is 23.2. The third-order valence-corrected chi connectivity index (χ3v) is 6.45. The largest absolute Gasteiger partial charge is 0.465 e. The summed E-state index contributed by atoms with van der Waals surface area (Å²) in [4.78, 5) is 24.9. The van der Waals surface area contributed by atoms with Crippen molar-refractivity contribution in [3.63, 3.8) is 0 Å². The lowest BCUT2D eigenvalue weighted by atomic mass is 9.98. The van der Waals surface area contributed by atoms with E-state index >= 15 is 0 Å². The molecule has 6 nitrogen and oxygen atoms in total. The summed E-state index contributed by atoms with van der Waals surface area (Å²) in [6.45, 7) is 3.30. The number of para-hydroxylation sites is 1. The molecule has 2 aromatic carbocycles. The lowest BCUT2D eigenvalue weighted by Crippen LogP contribution is -2.27. The van der Waals surface area contributed by atoms with Crippen LogP contribution in [0.3, 0.4) is 0 Å². The van der Waals surface area contributed by atoms with Crippen LogP contribution in [0.5, 0.6) is 0 Å². The molecule has 1 saturated carbocycles. The van der Waals surface area contributed by atoms with E-state index < -0.39 is 0 Å². The van der Waals surface area contributed by atoms with E-state index in [0.29, 0.717) is 23.8 Å². The van der Waals surface area contributed by atoms with Crippen LogP contribution in [0, 0.1) is 0 Å². The van der Waals surface area contributed by atoms with E-state index in [1.807, 2.05) is 49.5 Å². The summed E-state index contributed by atoms with van der Waals surface area (Å²) in [6.07, 6.45) is 8.53. The van der Waals surface area contributed by atoms with Gasteiger partial charge in [0.2, 0.25) is 0 Å². The minimum Gasteiger partial charge on any atom is -0.465 e. The van der Waals surface area contributed by atoms with Crippen molar-refractivity contribution >= 4 is 22.8 Å². The van der Waals surface area contributed by atoms with E-state index in [-0.39, 0.29) is 17.9 Å². The highest BCUT2D eigenvalue weighted by Crippen LogP contribution is 2.23. The highest BCUT2D eigenvalue weighted by Gasteiger charge is 2.18. The summed E-state index contributed by atoms with van der Waals surface area (Å²) < 4.78 is 13.0. The van der Waals surface area contributed by atoms with E-state index in [4.69, 9.17) is 9.47 Å². The molecule has 1 aliphatic rings. The molecule has 0 bridgehead atoms. The third kappa shape index (κ3) is 5.45. The van der Waals surface area contributed by atoms with Crippen molar-refractivity contribution in [3.8, 4) is 0 Å². The number of ether oxygens (including phenoxy) is 2. The van der Waals surface area contributed by atoms with Crippen molar-refractivity contribution in [1.29, 1.82) is 0 Å². The molecule has 174 valence electrons. The predicted molar refractivity (Wildman–Crippen MR) is 128 cm³/mol. The van der Waals surface area contributed by atoms with Gasteiger partial charge in [0.05, 0.1) is 42.5 Å². The lowest BCUT2D eigenvalue weighted by molar-refractivity contribution is 0.0245. The summed E-state index contributed by atoms with van der Waals surface area (Å²) in [6, 6.07) is 14.7. The van der Waals surface area contributed by atoms with Crippen LogP contribution in [0.25, 0.3) is 10.9 Å². The van der Waals surface area contributed by atoms with Gasteiger partial charge in [-0.1, -0.05) is 43.5 Å². The normalized spacial score (nSPS) is 15.3. The van der Waals surface area contributed by atoms with E-state index in [1.54, 1.807) is 12.1 Å². The van der Waals surface area contributed by atoms with Crippen molar-refractivity contribution in [2.24, 2.45) is 0 Å². The minimum absolute atomic E-state index is 0.127. The number of benzene rings is 2. The second kappa shape index (κ2) is 10.7. The second-order valence-electron chi connectivity index (χ2n) is 8.69. The smallest absolute Gasteiger partial charge is 0.337 e. The summed E-state index contributed by atoms with van der Waals surface area (Å²) in [5.74, 6) is -0.503. The number of nitrogens with zero attached hydrogens (tertiary/aromatic N) is 1. The third-order valence-electron chi connectivity index (χ3n) is 6.45. The lowest BCUT2D eigenvalue weighted by Gasteiger charge is -2.22. The number of carbonyl (C=O) groups is 2. The molecule has 33 heavy (non-hydrogen) atoms. The van der Waals surface area contributed by atoms with Crippen LogP contribution in [-0.4, -0.2) is 36.3 Å². The average Bonchev–Trinajstić information content (AvgIpc) is 3.27. The monoisotopic (exact) mass is 448 g/mol. The van der Waals surface area contributed by atoms with Crippen LogP contribution >= 0.6 is 0 Å². The zero-order valence-corrected chi connectivity index (χ0v) is 19.4. The average molecular weight is 449 g/mol. The van der Waals surface area contributed by atoms with Gasteiger partial charge >= 0.3 is 5.97 Å². The molecule has 4 rings (SSSR count). The zero-order valence-electron chi connectivity index (χ0n) is 19.4. The molecule has 0 radical (unpaired) electrons. The molecular weight excluding hydrogens is 416 g/mol. The fourth-order valence-corrected chi connectivity index (χ4v) is 4.56. The fraction of sp³-hybridized carbons (Fsp3) is 0.407. The number of hydrogen-bond donors (Lipinski definition) is 1. The quantitative estimate of drug-likeness (QED) is 0.477. The van der Waals surface area contributed by atoms with Crippen LogP contribution < -0.4 is 5.32 Å². The van der Waals surface area contributed by atoms with Crippen molar-refractivity contribution in [2.45, 2.75) is 57.7 Å². The van der Waals surface area contributed by atoms with E-state index in [1.165, 1.54) is 26.4 Å². The van der Waals surface area contributed by atoms with Gasteiger partial charge in [-0.2, -0.15) is 0 Å².